The topological polar surface area (TPSA) is 113 Å². The Bertz CT molecular complexity index is 1680. The standard InChI is InChI=1S/C28H29ClN8O3/c1-4-37(38)11-9-35(10-12-37)20-7-5-19(6-8-20)32-28-30-16-18-13-23(27-34-31-17-36(27)26(18)33-28)22-14-21(39-2)15-24(40-3)25(22)29/h5-8,13-17H,4,9-12H2,1-3H3,(H,30,32,33). The van der Waals surface area contributed by atoms with Crippen molar-refractivity contribution in [2.75, 3.05) is 57.2 Å². The fourth-order valence-electron chi connectivity index (χ4n) is 5.05. The number of methoxy groups -OCH3 is 2. The lowest BCUT2D eigenvalue weighted by atomic mass is 10.0. The molecule has 0 atom stereocenters. The van der Waals surface area contributed by atoms with Crippen LogP contribution >= 0.6 is 11.6 Å². The van der Waals surface area contributed by atoms with Gasteiger partial charge in [0.25, 0.3) is 0 Å². The number of hydrogen-bond donors (Lipinski definition) is 1. The summed E-state index contributed by atoms with van der Waals surface area (Å²) in [6.45, 7) is 5.30. The summed E-state index contributed by atoms with van der Waals surface area (Å²) < 4.78 is 12.6. The van der Waals surface area contributed by atoms with Crippen molar-refractivity contribution in [1.82, 2.24) is 24.6 Å². The van der Waals surface area contributed by atoms with Gasteiger partial charge in [-0.05, 0) is 43.3 Å². The van der Waals surface area contributed by atoms with Crippen molar-refractivity contribution in [1.29, 1.82) is 0 Å². The molecule has 1 saturated heterocycles. The minimum atomic E-state index is -0.114. The number of quaternary nitrogens is 1. The van der Waals surface area contributed by atoms with Gasteiger partial charge in [0.15, 0.2) is 11.3 Å². The summed E-state index contributed by atoms with van der Waals surface area (Å²) in [5, 5.41) is 25.5. The van der Waals surface area contributed by atoms with Crippen LogP contribution in [-0.4, -0.2) is 76.2 Å². The number of halogens is 1. The molecule has 11 nitrogen and oxygen atoms in total. The second-order valence-electron chi connectivity index (χ2n) is 9.73. The van der Waals surface area contributed by atoms with Gasteiger partial charge in [0, 0.05) is 40.2 Å². The zero-order chi connectivity index (χ0) is 27.9. The SMILES string of the molecule is CC[N+]1([O-])CCN(c2ccc(Nc3ncc4cc(-c5cc(OC)cc(OC)c5Cl)c5nncn5c4n3)cc2)CC1. The molecule has 1 N–H and O–H groups in total. The molecule has 206 valence electrons. The van der Waals surface area contributed by atoms with E-state index < -0.39 is 0 Å². The van der Waals surface area contributed by atoms with Gasteiger partial charge in [-0.1, -0.05) is 11.6 Å². The van der Waals surface area contributed by atoms with Crippen molar-refractivity contribution >= 4 is 45.6 Å². The summed E-state index contributed by atoms with van der Waals surface area (Å²) in [4.78, 5) is 11.6. The van der Waals surface area contributed by atoms with E-state index in [4.69, 9.17) is 26.1 Å². The third kappa shape index (κ3) is 4.72. The first-order valence-corrected chi connectivity index (χ1v) is 13.4. The van der Waals surface area contributed by atoms with Gasteiger partial charge in [0.05, 0.1) is 52.0 Å². The maximum absolute atomic E-state index is 12.5. The lowest BCUT2D eigenvalue weighted by Gasteiger charge is -2.48. The number of hydrogen-bond acceptors (Lipinski definition) is 9. The van der Waals surface area contributed by atoms with Gasteiger partial charge in [-0.2, -0.15) is 4.98 Å². The van der Waals surface area contributed by atoms with Gasteiger partial charge >= 0.3 is 0 Å². The molecular formula is C28H29ClN8O3. The molecular weight excluding hydrogens is 532 g/mol. The van der Waals surface area contributed by atoms with Crippen LogP contribution in [0.15, 0.2) is 55.0 Å². The molecule has 5 aromatic rings. The highest BCUT2D eigenvalue weighted by atomic mass is 35.5. The number of hydroxylamine groups is 3. The molecule has 0 saturated carbocycles. The van der Waals surface area contributed by atoms with E-state index in [-0.39, 0.29) is 4.65 Å². The maximum Gasteiger partial charge on any atom is 0.229 e. The number of rotatable bonds is 7. The van der Waals surface area contributed by atoms with Crippen LogP contribution < -0.4 is 19.7 Å². The molecule has 1 fully saturated rings. The van der Waals surface area contributed by atoms with E-state index in [1.54, 1.807) is 32.8 Å². The lowest BCUT2D eigenvalue weighted by molar-refractivity contribution is -0.879. The van der Waals surface area contributed by atoms with E-state index in [1.807, 2.05) is 35.6 Å². The quantitative estimate of drug-likeness (QED) is 0.219. The van der Waals surface area contributed by atoms with Crippen LogP contribution in [0, 0.1) is 5.21 Å². The van der Waals surface area contributed by atoms with Crippen molar-refractivity contribution in [3.8, 4) is 22.6 Å². The predicted molar refractivity (Wildman–Crippen MR) is 155 cm³/mol. The van der Waals surface area contributed by atoms with Crippen LogP contribution in [0.5, 0.6) is 11.5 Å². The Hall–Kier alpha value is -4.19. The number of nitrogens with one attached hydrogen (secondary N) is 1. The summed E-state index contributed by atoms with van der Waals surface area (Å²) in [5.74, 6) is 1.54. The molecule has 6 rings (SSSR count). The molecule has 3 aromatic heterocycles. The molecule has 0 radical (unpaired) electrons. The number of benzene rings is 2. The van der Waals surface area contributed by atoms with Crippen LogP contribution in [0.4, 0.5) is 17.3 Å². The van der Waals surface area contributed by atoms with Crippen molar-refractivity contribution in [3.63, 3.8) is 0 Å². The smallest absolute Gasteiger partial charge is 0.229 e. The summed E-state index contributed by atoms with van der Waals surface area (Å²) in [7, 11) is 3.15. The normalized spacial score (nSPS) is 15.0. The predicted octanol–water partition coefficient (Wildman–Crippen LogP) is 4.91. The largest absolute Gasteiger partial charge is 0.633 e. The first-order chi connectivity index (χ1) is 19.4. The van der Waals surface area contributed by atoms with E-state index in [0.717, 1.165) is 35.4 Å². The molecule has 0 aliphatic carbocycles. The number of ether oxygens (including phenoxy) is 2. The van der Waals surface area contributed by atoms with Crippen LogP contribution in [0.25, 0.3) is 27.8 Å². The molecule has 0 spiro atoms. The highest BCUT2D eigenvalue weighted by Gasteiger charge is 2.24. The van der Waals surface area contributed by atoms with Gasteiger partial charge in [-0.15, -0.1) is 10.2 Å². The third-order valence-electron chi connectivity index (χ3n) is 7.49. The number of nitrogens with zero attached hydrogens (tertiary/aromatic N) is 7. The van der Waals surface area contributed by atoms with Gasteiger partial charge in [-0.25, -0.2) is 4.98 Å². The van der Waals surface area contributed by atoms with Gasteiger partial charge in [0.1, 0.15) is 17.8 Å². The molecule has 0 unspecified atom stereocenters. The van der Waals surface area contributed by atoms with Gasteiger partial charge in [0.2, 0.25) is 5.95 Å². The molecule has 40 heavy (non-hydrogen) atoms. The highest BCUT2D eigenvalue weighted by molar-refractivity contribution is 6.35. The molecule has 0 amide bonds. The van der Waals surface area contributed by atoms with E-state index >= 15 is 0 Å². The second kappa shape index (κ2) is 10.4. The fraction of sp³-hybridized carbons (Fsp3) is 0.286. The second-order valence-corrected chi connectivity index (χ2v) is 10.1. The lowest BCUT2D eigenvalue weighted by Crippen LogP contribution is -2.56. The zero-order valence-electron chi connectivity index (χ0n) is 22.5. The van der Waals surface area contributed by atoms with Crippen molar-refractivity contribution < 1.29 is 14.1 Å². The summed E-state index contributed by atoms with van der Waals surface area (Å²) in [6, 6.07) is 13.6. The van der Waals surface area contributed by atoms with Crippen LogP contribution in [-0.2, 0) is 0 Å². The van der Waals surface area contributed by atoms with Crippen LogP contribution in [0.1, 0.15) is 6.92 Å². The molecule has 4 heterocycles. The maximum atomic E-state index is 12.5. The average molecular weight is 561 g/mol. The minimum absolute atomic E-state index is 0.114. The van der Waals surface area contributed by atoms with Crippen LogP contribution in [0.2, 0.25) is 5.02 Å². The first kappa shape index (κ1) is 26.1. The monoisotopic (exact) mass is 560 g/mol. The number of pyridine rings is 1. The Labute approximate surface area is 236 Å². The van der Waals surface area contributed by atoms with E-state index in [2.05, 4.69) is 37.5 Å². The van der Waals surface area contributed by atoms with Gasteiger partial charge in [-0.3, -0.25) is 4.40 Å². The molecule has 12 heteroatoms. The van der Waals surface area contributed by atoms with Crippen molar-refractivity contribution in [3.05, 3.63) is 65.2 Å². The molecule has 0 bridgehead atoms. The summed E-state index contributed by atoms with van der Waals surface area (Å²) in [5.41, 5.74) is 4.63. The molecule has 1 aliphatic heterocycles. The zero-order valence-corrected chi connectivity index (χ0v) is 23.2. The number of anilines is 3. The van der Waals surface area contributed by atoms with E-state index in [9.17, 15) is 5.21 Å². The molecule has 2 aromatic carbocycles. The highest BCUT2D eigenvalue weighted by Crippen LogP contribution is 2.41. The van der Waals surface area contributed by atoms with E-state index in [0.29, 0.717) is 59.0 Å². The third-order valence-corrected chi connectivity index (χ3v) is 7.88. The van der Waals surface area contributed by atoms with Crippen molar-refractivity contribution in [2.45, 2.75) is 6.92 Å². The first-order valence-electron chi connectivity index (χ1n) is 13.0. The average Bonchev–Trinajstić information content (AvgIpc) is 3.49. The minimum Gasteiger partial charge on any atom is -0.633 e. The Morgan fingerprint density at radius 3 is 2.50 bits per heavy atom. The number of aromatic nitrogens is 5. The number of piperazine rings is 1. The van der Waals surface area contributed by atoms with Crippen molar-refractivity contribution in [2.24, 2.45) is 0 Å². The van der Waals surface area contributed by atoms with E-state index in [1.165, 1.54) is 0 Å². The Kier molecular flexibility index (Phi) is 6.78. The Morgan fingerprint density at radius 1 is 1.02 bits per heavy atom. The Morgan fingerprint density at radius 2 is 1.80 bits per heavy atom. The summed E-state index contributed by atoms with van der Waals surface area (Å²) >= 11 is 6.69. The van der Waals surface area contributed by atoms with Gasteiger partial charge < -0.3 is 29.5 Å². The van der Waals surface area contributed by atoms with Crippen LogP contribution in [0.3, 0.4) is 0 Å². The fourth-order valence-corrected chi connectivity index (χ4v) is 5.34. The number of likely N-dealkylation sites (N-methyl/N-ethyl adjacent to an activating group) is 1. The Balaban J connectivity index is 1.29. The summed E-state index contributed by atoms with van der Waals surface area (Å²) in [6.07, 6.45) is 3.37. The number of fused-ring (bicyclic) bond motifs is 3. The molecule has 1 aliphatic rings.